The summed E-state index contributed by atoms with van der Waals surface area (Å²) < 4.78 is 16.1. The lowest BCUT2D eigenvalue weighted by Gasteiger charge is -2.20. The van der Waals surface area contributed by atoms with Crippen molar-refractivity contribution in [2.24, 2.45) is 0 Å². The van der Waals surface area contributed by atoms with Crippen molar-refractivity contribution in [3.8, 4) is 11.5 Å². The zero-order valence-corrected chi connectivity index (χ0v) is 18.1. The fourth-order valence-corrected chi connectivity index (χ4v) is 3.45. The quantitative estimate of drug-likeness (QED) is 0.620. The third-order valence-electron chi connectivity index (χ3n) is 5.21. The Bertz CT molecular complexity index is 895. The van der Waals surface area contributed by atoms with Crippen LogP contribution in [0.15, 0.2) is 42.5 Å². The molecule has 1 fully saturated rings. The molecule has 0 atom stereocenters. The third-order valence-corrected chi connectivity index (χ3v) is 5.21. The van der Waals surface area contributed by atoms with Crippen LogP contribution in [0, 0.1) is 0 Å². The molecule has 1 aliphatic carbocycles. The van der Waals surface area contributed by atoms with E-state index in [-0.39, 0.29) is 12.0 Å². The fourth-order valence-electron chi connectivity index (χ4n) is 3.45. The Morgan fingerprint density at radius 2 is 1.74 bits per heavy atom. The van der Waals surface area contributed by atoms with Crippen molar-refractivity contribution in [3.63, 3.8) is 0 Å². The number of anilines is 1. The first kappa shape index (κ1) is 22.4. The number of benzene rings is 2. The van der Waals surface area contributed by atoms with E-state index in [1.54, 1.807) is 38.4 Å². The van der Waals surface area contributed by atoms with E-state index in [9.17, 15) is 9.59 Å². The second kappa shape index (κ2) is 10.7. The van der Waals surface area contributed by atoms with Crippen LogP contribution in [0.4, 0.5) is 10.5 Å². The van der Waals surface area contributed by atoms with E-state index in [2.05, 4.69) is 15.5 Å². The van der Waals surface area contributed by atoms with Crippen LogP contribution in [-0.2, 0) is 11.3 Å². The van der Waals surface area contributed by atoms with E-state index in [0.717, 1.165) is 24.2 Å². The van der Waals surface area contributed by atoms with Gasteiger partial charge in [0.25, 0.3) is 5.91 Å². The van der Waals surface area contributed by atoms with Gasteiger partial charge in [0, 0.05) is 24.8 Å². The van der Waals surface area contributed by atoms with Crippen molar-refractivity contribution >= 4 is 17.7 Å². The zero-order chi connectivity index (χ0) is 22.2. The van der Waals surface area contributed by atoms with Crippen LogP contribution in [0.3, 0.4) is 0 Å². The molecule has 8 heteroatoms. The predicted octanol–water partition coefficient (Wildman–Crippen LogP) is 3.97. The molecule has 0 aromatic heterocycles. The van der Waals surface area contributed by atoms with Crippen LogP contribution >= 0.6 is 0 Å². The van der Waals surface area contributed by atoms with Gasteiger partial charge in [0.05, 0.1) is 20.3 Å². The number of hydrogen-bond acceptors (Lipinski definition) is 6. The number of ether oxygens (including phenoxy) is 3. The molecule has 2 aromatic rings. The molecular formula is C23H29N3O5. The summed E-state index contributed by atoms with van der Waals surface area (Å²) >= 11 is 0. The summed E-state index contributed by atoms with van der Waals surface area (Å²) in [6, 6.07) is 12.4. The number of nitrogens with one attached hydrogen (secondary N) is 2. The Kier molecular flexibility index (Phi) is 7.72. The van der Waals surface area contributed by atoms with Gasteiger partial charge in [0.2, 0.25) is 0 Å². The Morgan fingerprint density at radius 3 is 2.39 bits per heavy atom. The third kappa shape index (κ3) is 6.11. The van der Waals surface area contributed by atoms with Gasteiger partial charge < -0.3 is 14.2 Å². The molecule has 0 radical (unpaired) electrons. The maximum absolute atomic E-state index is 12.7. The second-order valence-electron chi connectivity index (χ2n) is 7.40. The minimum Gasteiger partial charge on any atom is -0.493 e. The van der Waals surface area contributed by atoms with Crippen LogP contribution in [-0.4, -0.2) is 44.4 Å². The Balaban J connectivity index is 1.58. The molecule has 0 heterocycles. The largest absolute Gasteiger partial charge is 0.493 e. The summed E-state index contributed by atoms with van der Waals surface area (Å²) in [4.78, 5) is 23.9. The fraction of sp³-hybridized carbons (Fsp3) is 0.391. The zero-order valence-electron chi connectivity index (χ0n) is 18.1. The van der Waals surface area contributed by atoms with Gasteiger partial charge in [-0.15, -0.1) is 0 Å². The van der Waals surface area contributed by atoms with E-state index >= 15 is 0 Å². The number of nitrogens with zero attached hydrogens (tertiary/aromatic N) is 1. The molecule has 1 aliphatic rings. The molecule has 0 spiro atoms. The van der Waals surface area contributed by atoms with Gasteiger partial charge in [0.15, 0.2) is 11.5 Å². The Hall–Kier alpha value is -3.26. The number of carbonyl (C=O) groups is 2. The van der Waals surface area contributed by atoms with Crippen molar-refractivity contribution in [2.45, 2.75) is 38.3 Å². The van der Waals surface area contributed by atoms with Gasteiger partial charge in [-0.2, -0.15) is 0 Å². The lowest BCUT2D eigenvalue weighted by atomic mass is 10.2. The minimum atomic E-state index is -0.561. The Morgan fingerprint density at radius 1 is 1.03 bits per heavy atom. The number of hydrazine groups is 1. The van der Waals surface area contributed by atoms with Gasteiger partial charge in [-0.05, 0) is 67.6 Å². The highest BCUT2D eigenvalue weighted by molar-refractivity contribution is 5.94. The highest BCUT2D eigenvalue weighted by atomic mass is 16.5. The maximum atomic E-state index is 12.7. The molecule has 0 unspecified atom stereocenters. The monoisotopic (exact) mass is 427 g/mol. The summed E-state index contributed by atoms with van der Waals surface area (Å²) in [5, 5.41) is 3.99. The van der Waals surface area contributed by atoms with Crippen LogP contribution < -0.4 is 20.2 Å². The van der Waals surface area contributed by atoms with Crippen LogP contribution in [0.1, 0.15) is 41.6 Å². The normalized spacial score (nSPS) is 13.5. The first-order valence-corrected chi connectivity index (χ1v) is 10.3. The van der Waals surface area contributed by atoms with Crippen molar-refractivity contribution < 1.29 is 23.8 Å². The van der Waals surface area contributed by atoms with E-state index in [1.165, 1.54) is 25.0 Å². The number of rotatable bonds is 8. The molecule has 1 saturated carbocycles. The van der Waals surface area contributed by atoms with Gasteiger partial charge in [0.1, 0.15) is 0 Å². The summed E-state index contributed by atoms with van der Waals surface area (Å²) in [6.07, 6.45) is 4.20. The number of methoxy groups -OCH3 is 2. The van der Waals surface area contributed by atoms with E-state index < -0.39 is 6.09 Å². The first-order valence-electron chi connectivity index (χ1n) is 10.3. The van der Waals surface area contributed by atoms with Crippen molar-refractivity contribution in [3.05, 3.63) is 53.6 Å². The summed E-state index contributed by atoms with van der Waals surface area (Å²) in [5.74, 6) is 1.25. The smallest absolute Gasteiger partial charge is 0.411 e. The van der Waals surface area contributed by atoms with E-state index in [1.807, 2.05) is 18.2 Å². The number of amides is 2. The number of carbonyl (C=O) groups excluding carboxylic acids is 2. The van der Waals surface area contributed by atoms with Gasteiger partial charge in [-0.3, -0.25) is 15.1 Å². The highest BCUT2D eigenvalue weighted by Crippen LogP contribution is 2.32. The topological polar surface area (TPSA) is 89.1 Å². The Labute approximate surface area is 182 Å². The minimum absolute atomic E-state index is 0.194. The van der Waals surface area contributed by atoms with Crippen LogP contribution in [0.25, 0.3) is 0 Å². The average molecular weight is 428 g/mol. The van der Waals surface area contributed by atoms with Crippen molar-refractivity contribution in [1.82, 2.24) is 10.4 Å². The van der Waals surface area contributed by atoms with Crippen LogP contribution in [0.2, 0.25) is 0 Å². The first-order chi connectivity index (χ1) is 15.0. The van der Waals surface area contributed by atoms with E-state index in [4.69, 9.17) is 9.47 Å². The summed E-state index contributed by atoms with van der Waals surface area (Å²) in [7, 11) is 4.59. The summed E-state index contributed by atoms with van der Waals surface area (Å²) in [5.41, 5.74) is 5.13. The molecule has 2 aromatic carbocycles. The molecule has 2 amide bonds. The molecular weight excluding hydrogens is 398 g/mol. The standard InChI is InChI=1S/C23H29N3O5/c1-26(22(27)17-9-11-18(12-10-17)25-23(28)30-3)24-15-16-8-13-20(29-2)21(14-16)31-19-6-4-5-7-19/h8-14,19,24H,4-7,15H2,1-3H3,(H,25,28). The number of hydrogen-bond donors (Lipinski definition) is 2. The summed E-state index contributed by atoms with van der Waals surface area (Å²) in [6.45, 7) is 0.454. The van der Waals surface area contributed by atoms with Crippen molar-refractivity contribution in [1.29, 1.82) is 0 Å². The maximum Gasteiger partial charge on any atom is 0.411 e. The SMILES string of the molecule is COC(=O)Nc1ccc(C(=O)N(C)NCc2ccc(OC)c(OC3CCCC3)c2)cc1. The van der Waals surface area contributed by atoms with E-state index in [0.29, 0.717) is 23.5 Å². The van der Waals surface area contributed by atoms with Gasteiger partial charge in [-0.25, -0.2) is 10.2 Å². The van der Waals surface area contributed by atoms with Gasteiger partial charge in [-0.1, -0.05) is 6.07 Å². The highest BCUT2D eigenvalue weighted by Gasteiger charge is 2.19. The van der Waals surface area contributed by atoms with Crippen LogP contribution in [0.5, 0.6) is 11.5 Å². The molecule has 3 rings (SSSR count). The molecule has 2 N–H and O–H groups in total. The average Bonchev–Trinajstić information content (AvgIpc) is 3.30. The molecule has 8 nitrogen and oxygen atoms in total. The lowest BCUT2D eigenvalue weighted by molar-refractivity contribution is 0.0712. The molecule has 0 saturated heterocycles. The molecule has 166 valence electrons. The van der Waals surface area contributed by atoms with Gasteiger partial charge >= 0.3 is 6.09 Å². The van der Waals surface area contributed by atoms with Crippen molar-refractivity contribution in [2.75, 3.05) is 26.6 Å². The second-order valence-corrected chi connectivity index (χ2v) is 7.40. The molecule has 0 bridgehead atoms. The molecule has 0 aliphatic heterocycles. The molecule has 31 heavy (non-hydrogen) atoms. The lowest BCUT2D eigenvalue weighted by Crippen LogP contribution is -2.39. The predicted molar refractivity (Wildman–Crippen MR) is 117 cm³/mol.